The van der Waals surface area contributed by atoms with Gasteiger partial charge >= 0.3 is 0 Å². The van der Waals surface area contributed by atoms with Crippen LogP contribution in [-0.2, 0) is 0 Å². The molecular formula is C10H15ClN2O. The Hall–Kier alpha value is -0.800. The number of rotatable bonds is 2. The fraction of sp³-hybridized carbons (Fsp3) is 0.500. The quantitative estimate of drug-likeness (QED) is 0.813. The lowest BCUT2D eigenvalue weighted by atomic mass is 10.1. The molecule has 0 saturated carbocycles. The molecule has 0 spiro atoms. The molecule has 0 aromatic carbocycles. The summed E-state index contributed by atoms with van der Waals surface area (Å²) in [6, 6.07) is 3.79. The maximum absolute atomic E-state index is 5.75. The van der Waals surface area contributed by atoms with Crippen molar-refractivity contribution < 1.29 is 4.74 Å². The lowest BCUT2D eigenvalue weighted by Crippen LogP contribution is -2.37. The van der Waals surface area contributed by atoms with Gasteiger partial charge in [-0.05, 0) is 31.5 Å². The van der Waals surface area contributed by atoms with Crippen molar-refractivity contribution in [1.29, 1.82) is 0 Å². The third kappa shape index (κ3) is 3.16. The standard InChI is InChI=1S/C10H14N2O.ClH/c1-2-10(8-12-5-1)13-9-3-6-11-7-4-9;/h3-4,6-7,10,12H,1-2,5,8H2;1H. The highest BCUT2D eigenvalue weighted by atomic mass is 35.5. The van der Waals surface area contributed by atoms with Crippen LogP contribution in [0.3, 0.4) is 0 Å². The molecule has 4 heteroatoms. The summed E-state index contributed by atoms with van der Waals surface area (Å²) >= 11 is 0. The van der Waals surface area contributed by atoms with Crippen LogP contribution in [0.4, 0.5) is 0 Å². The van der Waals surface area contributed by atoms with Crippen molar-refractivity contribution in [3.63, 3.8) is 0 Å². The largest absolute Gasteiger partial charge is 0.489 e. The Bertz CT molecular complexity index is 250. The van der Waals surface area contributed by atoms with Gasteiger partial charge in [-0.15, -0.1) is 12.4 Å². The van der Waals surface area contributed by atoms with Gasteiger partial charge in [-0.3, -0.25) is 4.98 Å². The van der Waals surface area contributed by atoms with Gasteiger partial charge in [0.1, 0.15) is 11.9 Å². The maximum Gasteiger partial charge on any atom is 0.122 e. The minimum absolute atomic E-state index is 0. The highest BCUT2D eigenvalue weighted by molar-refractivity contribution is 5.85. The van der Waals surface area contributed by atoms with Crippen LogP contribution < -0.4 is 10.1 Å². The number of aromatic nitrogens is 1. The van der Waals surface area contributed by atoms with Gasteiger partial charge in [-0.2, -0.15) is 0 Å². The van der Waals surface area contributed by atoms with E-state index in [1.807, 2.05) is 12.1 Å². The molecule has 78 valence electrons. The molecule has 1 aromatic heterocycles. The van der Waals surface area contributed by atoms with Crippen LogP contribution in [0.25, 0.3) is 0 Å². The predicted octanol–water partition coefficient (Wildman–Crippen LogP) is 1.63. The van der Waals surface area contributed by atoms with Gasteiger partial charge in [0.15, 0.2) is 0 Å². The van der Waals surface area contributed by atoms with Gasteiger partial charge in [0.2, 0.25) is 0 Å². The van der Waals surface area contributed by atoms with E-state index in [1.54, 1.807) is 12.4 Å². The number of halogens is 1. The first-order chi connectivity index (χ1) is 6.45. The van der Waals surface area contributed by atoms with E-state index < -0.39 is 0 Å². The number of hydrogen-bond acceptors (Lipinski definition) is 3. The summed E-state index contributed by atoms with van der Waals surface area (Å²) in [5.74, 6) is 0.920. The first-order valence-electron chi connectivity index (χ1n) is 4.72. The number of piperidine rings is 1. The van der Waals surface area contributed by atoms with Crippen molar-refractivity contribution in [2.24, 2.45) is 0 Å². The number of pyridine rings is 1. The maximum atomic E-state index is 5.75. The smallest absolute Gasteiger partial charge is 0.122 e. The summed E-state index contributed by atoms with van der Waals surface area (Å²) in [5.41, 5.74) is 0. The van der Waals surface area contributed by atoms with E-state index in [0.717, 1.165) is 25.3 Å². The van der Waals surface area contributed by atoms with Crippen LogP contribution in [0.1, 0.15) is 12.8 Å². The number of nitrogens with zero attached hydrogens (tertiary/aromatic N) is 1. The molecule has 2 heterocycles. The van der Waals surface area contributed by atoms with E-state index in [9.17, 15) is 0 Å². The predicted molar refractivity (Wildman–Crippen MR) is 58.0 cm³/mol. The second-order valence-corrected chi connectivity index (χ2v) is 3.27. The fourth-order valence-corrected chi connectivity index (χ4v) is 1.53. The van der Waals surface area contributed by atoms with Crippen LogP contribution in [-0.4, -0.2) is 24.2 Å². The van der Waals surface area contributed by atoms with Crippen molar-refractivity contribution >= 4 is 12.4 Å². The Morgan fingerprint density at radius 2 is 2.14 bits per heavy atom. The zero-order valence-corrected chi connectivity index (χ0v) is 8.80. The zero-order chi connectivity index (χ0) is 8.93. The molecule has 1 atom stereocenters. The zero-order valence-electron chi connectivity index (χ0n) is 7.98. The van der Waals surface area contributed by atoms with Gasteiger partial charge in [0.25, 0.3) is 0 Å². The molecule has 3 nitrogen and oxygen atoms in total. The minimum Gasteiger partial charge on any atom is -0.489 e. The first-order valence-corrected chi connectivity index (χ1v) is 4.72. The highest BCUT2D eigenvalue weighted by Crippen LogP contribution is 2.13. The van der Waals surface area contributed by atoms with Crippen LogP contribution >= 0.6 is 12.4 Å². The van der Waals surface area contributed by atoms with Crippen molar-refractivity contribution in [2.75, 3.05) is 13.1 Å². The minimum atomic E-state index is 0. The van der Waals surface area contributed by atoms with Gasteiger partial charge < -0.3 is 10.1 Å². The summed E-state index contributed by atoms with van der Waals surface area (Å²) in [6.45, 7) is 2.08. The van der Waals surface area contributed by atoms with E-state index in [2.05, 4.69) is 10.3 Å². The number of nitrogens with one attached hydrogen (secondary N) is 1. The molecule has 1 unspecified atom stereocenters. The topological polar surface area (TPSA) is 34.1 Å². The van der Waals surface area contributed by atoms with Crippen molar-refractivity contribution in [1.82, 2.24) is 10.3 Å². The van der Waals surface area contributed by atoms with E-state index in [4.69, 9.17) is 4.74 Å². The molecule has 1 N–H and O–H groups in total. The lowest BCUT2D eigenvalue weighted by molar-refractivity contribution is 0.167. The average molecular weight is 215 g/mol. The van der Waals surface area contributed by atoms with E-state index in [-0.39, 0.29) is 12.4 Å². The van der Waals surface area contributed by atoms with Gasteiger partial charge in [-0.1, -0.05) is 0 Å². The molecule has 0 radical (unpaired) electrons. The Morgan fingerprint density at radius 3 is 2.79 bits per heavy atom. The number of ether oxygens (including phenoxy) is 1. The second-order valence-electron chi connectivity index (χ2n) is 3.27. The normalized spacial score (nSPS) is 21.0. The lowest BCUT2D eigenvalue weighted by Gasteiger charge is -2.23. The van der Waals surface area contributed by atoms with Crippen LogP contribution in [0.2, 0.25) is 0 Å². The highest BCUT2D eigenvalue weighted by Gasteiger charge is 2.13. The third-order valence-electron chi connectivity index (χ3n) is 2.20. The Morgan fingerprint density at radius 1 is 1.36 bits per heavy atom. The van der Waals surface area contributed by atoms with E-state index >= 15 is 0 Å². The fourth-order valence-electron chi connectivity index (χ4n) is 1.53. The van der Waals surface area contributed by atoms with Crippen molar-refractivity contribution in [2.45, 2.75) is 18.9 Å². The van der Waals surface area contributed by atoms with Crippen molar-refractivity contribution in [3.8, 4) is 5.75 Å². The molecule has 1 fully saturated rings. The Kier molecular flexibility index (Phi) is 4.70. The third-order valence-corrected chi connectivity index (χ3v) is 2.20. The summed E-state index contributed by atoms with van der Waals surface area (Å²) in [5, 5.41) is 3.31. The molecule has 1 aliphatic rings. The SMILES string of the molecule is Cl.c1cc(OC2CCCNC2)ccn1. The Labute approximate surface area is 90.3 Å². The van der Waals surface area contributed by atoms with Crippen LogP contribution in [0, 0.1) is 0 Å². The average Bonchev–Trinajstić information content (AvgIpc) is 2.21. The van der Waals surface area contributed by atoms with Gasteiger partial charge in [0.05, 0.1) is 0 Å². The van der Waals surface area contributed by atoms with Gasteiger partial charge in [-0.25, -0.2) is 0 Å². The summed E-state index contributed by atoms with van der Waals surface area (Å²) < 4.78 is 5.75. The first kappa shape index (κ1) is 11.3. The molecule has 2 rings (SSSR count). The van der Waals surface area contributed by atoms with E-state index in [0.29, 0.717) is 6.10 Å². The Balaban J connectivity index is 0.000000980. The molecular weight excluding hydrogens is 200 g/mol. The summed E-state index contributed by atoms with van der Waals surface area (Å²) in [7, 11) is 0. The van der Waals surface area contributed by atoms with Crippen molar-refractivity contribution in [3.05, 3.63) is 24.5 Å². The van der Waals surface area contributed by atoms with Gasteiger partial charge in [0, 0.05) is 18.9 Å². The molecule has 0 aliphatic carbocycles. The second kappa shape index (κ2) is 5.83. The number of hydrogen-bond donors (Lipinski definition) is 1. The molecule has 14 heavy (non-hydrogen) atoms. The monoisotopic (exact) mass is 214 g/mol. The summed E-state index contributed by atoms with van der Waals surface area (Å²) in [6.07, 6.45) is 6.19. The van der Waals surface area contributed by atoms with E-state index in [1.165, 1.54) is 6.42 Å². The van der Waals surface area contributed by atoms with Crippen LogP contribution in [0.5, 0.6) is 5.75 Å². The summed E-state index contributed by atoms with van der Waals surface area (Å²) in [4.78, 5) is 3.94. The molecule has 0 amide bonds. The molecule has 1 aliphatic heterocycles. The molecule has 1 aromatic rings. The molecule has 0 bridgehead atoms. The van der Waals surface area contributed by atoms with Crippen LogP contribution in [0.15, 0.2) is 24.5 Å². The molecule has 1 saturated heterocycles.